The predicted molar refractivity (Wildman–Crippen MR) is 58.8 cm³/mol. The lowest BCUT2D eigenvalue weighted by Crippen LogP contribution is -2.07. The van der Waals surface area contributed by atoms with E-state index < -0.39 is 5.97 Å². The monoisotopic (exact) mass is 214 g/mol. The summed E-state index contributed by atoms with van der Waals surface area (Å²) in [5.41, 5.74) is 1.61. The molecular formula is C12H10N2O2. The fourth-order valence-electron chi connectivity index (χ4n) is 1.39. The van der Waals surface area contributed by atoms with Gasteiger partial charge in [-0.05, 0) is 0 Å². The van der Waals surface area contributed by atoms with Gasteiger partial charge in [0, 0.05) is 18.0 Å². The molecule has 2 aromatic rings. The number of esters is 1. The molecule has 0 saturated heterocycles. The van der Waals surface area contributed by atoms with E-state index in [9.17, 15) is 4.79 Å². The Hall–Kier alpha value is -2.23. The molecule has 4 nitrogen and oxygen atoms in total. The topological polar surface area (TPSA) is 52.1 Å². The molecular weight excluding hydrogens is 204 g/mol. The van der Waals surface area contributed by atoms with Gasteiger partial charge < -0.3 is 4.74 Å². The summed E-state index contributed by atoms with van der Waals surface area (Å²) in [5, 5.41) is 0. The van der Waals surface area contributed by atoms with Crippen molar-refractivity contribution in [2.75, 3.05) is 7.11 Å². The number of carbonyl (C=O) groups is 1. The summed E-state index contributed by atoms with van der Waals surface area (Å²) in [5.74, 6) is -0.480. The van der Waals surface area contributed by atoms with Crippen molar-refractivity contribution in [3.05, 3.63) is 48.4 Å². The molecule has 0 bridgehead atoms. The van der Waals surface area contributed by atoms with Gasteiger partial charge in [0.05, 0.1) is 7.11 Å². The van der Waals surface area contributed by atoms with Crippen molar-refractivity contribution in [1.29, 1.82) is 0 Å². The SMILES string of the molecule is COC(=O)c1nccnc1-c1ccccc1. The van der Waals surface area contributed by atoms with E-state index in [2.05, 4.69) is 14.7 Å². The Balaban J connectivity index is 2.53. The van der Waals surface area contributed by atoms with Gasteiger partial charge in [-0.15, -0.1) is 0 Å². The van der Waals surface area contributed by atoms with Crippen LogP contribution in [0.3, 0.4) is 0 Å². The lowest BCUT2D eigenvalue weighted by molar-refractivity contribution is 0.0594. The van der Waals surface area contributed by atoms with E-state index in [0.29, 0.717) is 5.69 Å². The van der Waals surface area contributed by atoms with Gasteiger partial charge in [0.1, 0.15) is 5.69 Å². The van der Waals surface area contributed by atoms with E-state index in [0.717, 1.165) is 5.56 Å². The lowest BCUT2D eigenvalue weighted by Gasteiger charge is -2.04. The smallest absolute Gasteiger partial charge is 0.358 e. The van der Waals surface area contributed by atoms with Crippen LogP contribution in [-0.2, 0) is 4.74 Å². The second-order valence-corrected chi connectivity index (χ2v) is 3.11. The molecule has 0 saturated carbocycles. The van der Waals surface area contributed by atoms with Crippen molar-refractivity contribution < 1.29 is 9.53 Å². The van der Waals surface area contributed by atoms with Crippen LogP contribution in [0.2, 0.25) is 0 Å². The van der Waals surface area contributed by atoms with Crippen molar-refractivity contribution in [2.24, 2.45) is 0 Å². The molecule has 0 atom stereocenters. The Morgan fingerprint density at radius 1 is 1.12 bits per heavy atom. The highest BCUT2D eigenvalue weighted by Gasteiger charge is 2.15. The van der Waals surface area contributed by atoms with Gasteiger partial charge in [0.2, 0.25) is 0 Å². The maximum Gasteiger partial charge on any atom is 0.358 e. The van der Waals surface area contributed by atoms with Gasteiger partial charge in [0.15, 0.2) is 5.69 Å². The number of aromatic nitrogens is 2. The molecule has 80 valence electrons. The van der Waals surface area contributed by atoms with Gasteiger partial charge in [0.25, 0.3) is 0 Å². The van der Waals surface area contributed by atoms with Crippen LogP contribution in [0.4, 0.5) is 0 Å². The second kappa shape index (κ2) is 4.53. The first-order valence-electron chi connectivity index (χ1n) is 4.77. The summed E-state index contributed by atoms with van der Waals surface area (Å²) in [6.45, 7) is 0. The zero-order valence-corrected chi connectivity index (χ0v) is 8.75. The predicted octanol–water partition coefficient (Wildman–Crippen LogP) is 1.93. The quantitative estimate of drug-likeness (QED) is 0.717. The molecule has 4 heteroatoms. The number of hydrogen-bond acceptors (Lipinski definition) is 4. The zero-order valence-electron chi connectivity index (χ0n) is 8.75. The van der Waals surface area contributed by atoms with Gasteiger partial charge in [-0.25, -0.2) is 9.78 Å². The fraction of sp³-hybridized carbons (Fsp3) is 0.0833. The first-order chi connectivity index (χ1) is 7.83. The van der Waals surface area contributed by atoms with Crippen LogP contribution in [0.15, 0.2) is 42.7 Å². The molecule has 2 rings (SSSR count). The minimum Gasteiger partial charge on any atom is -0.464 e. The third-order valence-electron chi connectivity index (χ3n) is 2.12. The van der Waals surface area contributed by atoms with Crippen molar-refractivity contribution in [2.45, 2.75) is 0 Å². The van der Waals surface area contributed by atoms with E-state index in [1.165, 1.54) is 13.3 Å². The molecule has 0 unspecified atom stereocenters. The van der Waals surface area contributed by atoms with E-state index in [-0.39, 0.29) is 5.69 Å². The van der Waals surface area contributed by atoms with Crippen LogP contribution in [0, 0.1) is 0 Å². The first kappa shape index (κ1) is 10.3. The average Bonchev–Trinajstić information content (AvgIpc) is 2.39. The van der Waals surface area contributed by atoms with E-state index in [4.69, 9.17) is 0 Å². The Bertz CT molecular complexity index is 497. The summed E-state index contributed by atoms with van der Waals surface area (Å²) in [7, 11) is 1.33. The second-order valence-electron chi connectivity index (χ2n) is 3.11. The molecule has 1 heterocycles. The van der Waals surface area contributed by atoms with Gasteiger partial charge in [-0.2, -0.15) is 0 Å². The molecule has 0 fully saturated rings. The maximum absolute atomic E-state index is 11.5. The average molecular weight is 214 g/mol. The van der Waals surface area contributed by atoms with Crippen molar-refractivity contribution in [3.63, 3.8) is 0 Å². The van der Waals surface area contributed by atoms with Gasteiger partial charge in [-0.1, -0.05) is 30.3 Å². The highest BCUT2D eigenvalue weighted by atomic mass is 16.5. The Kier molecular flexibility index (Phi) is 2.91. The summed E-state index contributed by atoms with van der Waals surface area (Å²) < 4.78 is 4.66. The summed E-state index contributed by atoms with van der Waals surface area (Å²) >= 11 is 0. The highest BCUT2D eigenvalue weighted by Crippen LogP contribution is 2.19. The van der Waals surface area contributed by atoms with Crippen molar-refractivity contribution in [3.8, 4) is 11.3 Å². The minimum atomic E-state index is -0.480. The van der Waals surface area contributed by atoms with Crippen molar-refractivity contribution in [1.82, 2.24) is 9.97 Å². The van der Waals surface area contributed by atoms with Crippen molar-refractivity contribution >= 4 is 5.97 Å². The summed E-state index contributed by atoms with van der Waals surface area (Å²) in [4.78, 5) is 19.6. The van der Waals surface area contributed by atoms with E-state index in [1.54, 1.807) is 6.20 Å². The van der Waals surface area contributed by atoms with Crippen LogP contribution in [-0.4, -0.2) is 23.0 Å². The number of ether oxygens (including phenoxy) is 1. The number of benzene rings is 1. The molecule has 0 spiro atoms. The van der Waals surface area contributed by atoms with E-state index in [1.807, 2.05) is 30.3 Å². The molecule has 1 aromatic carbocycles. The highest BCUT2D eigenvalue weighted by molar-refractivity contribution is 5.93. The van der Waals surface area contributed by atoms with Crippen LogP contribution in [0.5, 0.6) is 0 Å². The molecule has 0 N–H and O–H groups in total. The first-order valence-corrected chi connectivity index (χ1v) is 4.77. The third kappa shape index (κ3) is 1.91. The Morgan fingerprint density at radius 3 is 2.50 bits per heavy atom. The van der Waals surface area contributed by atoms with Crippen LogP contribution < -0.4 is 0 Å². The molecule has 0 aliphatic rings. The molecule has 1 aromatic heterocycles. The van der Waals surface area contributed by atoms with Crippen LogP contribution in [0.1, 0.15) is 10.5 Å². The number of carbonyl (C=O) groups excluding carboxylic acids is 1. The zero-order chi connectivity index (χ0) is 11.4. The number of nitrogens with zero attached hydrogens (tertiary/aromatic N) is 2. The van der Waals surface area contributed by atoms with Gasteiger partial charge >= 0.3 is 5.97 Å². The Morgan fingerprint density at radius 2 is 1.81 bits per heavy atom. The molecule has 16 heavy (non-hydrogen) atoms. The lowest BCUT2D eigenvalue weighted by atomic mass is 10.1. The number of rotatable bonds is 2. The Labute approximate surface area is 92.9 Å². The number of hydrogen-bond donors (Lipinski definition) is 0. The molecule has 0 aliphatic carbocycles. The summed E-state index contributed by atoms with van der Waals surface area (Å²) in [6.07, 6.45) is 3.02. The van der Waals surface area contributed by atoms with Gasteiger partial charge in [-0.3, -0.25) is 4.98 Å². The summed E-state index contributed by atoms with van der Waals surface area (Å²) in [6, 6.07) is 9.40. The van der Waals surface area contributed by atoms with Crippen LogP contribution >= 0.6 is 0 Å². The molecule has 0 radical (unpaired) electrons. The fourth-order valence-corrected chi connectivity index (χ4v) is 1.39. The maximum atomic E-state index is 11.5. The normalized spacial score (nSPS) is 9.81. The molecule has 0 amide bonds. The molecule has 0 aliphatic heterocycles. The van der Waals surface area contributed by atoms with Crippen LogP contribution in [0.25, 0.3) is 11.3 Å². The largest absolute Gasteiger partial charge is 0.464 e. The third-order valence-corrected chi connectivity index (χ3v) is 2.12. The standard InChI is InChI=1S/C12H10N2O2/c1-16-12(15)11-10(13-7-8-14-11)9-5-3-2-4-6-9/h2-8H,1H3. The minimum absolute atomic E-state index is 0.233. The number of methoxy groups -OCH3 is 1. The van der Waals surface area contributed by atoms with E-state index >= 15 is 0 Å².